The summed E-state index contributed by atoms with van der Waals surface area (Å²) in [7, 11) is 0. The lowest BCUT2D eigenvalue weighted by Crippen LogP contribution is -2.25. The maximum atomic E-state index is 12.0. The summed E-state index contributed by atoms with van der Waals surface area (Å²) in [6.07, 6.45) is 3.61. The van der Waals surface area contributed by atoms with Crippen molar-refractivity contribution in [2.24, 2.45) is 0 Å². The van der Waals surface area contributed by atoms with Crippen LogP contribution >= 0.6 is 15.9 Å². The number of halogens is 1. The maximum Gasteiger partial charge on any atom is 0.364 e. The van der Waals surface area contributed by atoms with Crippen molar-refractivity contribution in [2.75, 3.05) is 5.73 Å². The third-order valence-corrected chi connectivity index (χ3v) is 3.28. The Bertz CT molecular complexity index is 644. The molecule has 7 nitrogen and oxygen atoms in total. The lowest BCUT2D eigenvalue weighted by atomic mass is 10.2. The predicted octanol–water partition coefficient (Wildman–Crippen LogP) is 0.563. The van der Waals surface area contributed by atoms with Crippen LogP contribution in [0.3, 0.4) is 0 Å². The topological polar surface area (TPSA) is 91.6 Å². The van der Waals surface area contributed by atoms with Crippen molar-refractivity contribution in [3.05, 3.63) is 32.8 Å². The van der Waals surface area contributed by atoms with Gasteiger partial charge in [-0.15, -0.1) is 0 Å². The van der Waals surface area contributed by atoms with Gasteiger partial charge in [-0.25, -0.2) is 9.78 Å². The second-order valence-electron chi connectivity index (χ2n) is 4.29. The number of nitrogens with zero attached hydrogens (tertiary/aromatic N) is 5. The molecule has 0 spiro atoms. The van der Waals surface area contributed by atoms with Crippen molar-refractivity contribution in [1.29, 1.82) is 0 Å². The highest BCUT2D eigenvalue weighted by Crippen LogP contribution is 2.32. The van der Waals surface area contributed by atoms with E-state index >= 15 is 0 Å². The molecule has 94 valence electrons. The Morgan fingerprint density at radius 2 is 2.22 bits per heavy atom. The molecule has 2 aromatic heterocycles. The first-order valence-corrected chi connectivity index (χ1v) is 6.36. The Hall–Kier alpha value is -1.70. The second kappa shape index (κ2) is 4.20. The molecule has 0 bridgehead atoms. The lowest BCUT2D eigenvalue weighted by molar-refractivity contribution is 0.593. The number of nitrogens with two attached hydrogens (primary N) is 1. The molecule has 2 aromatic rings. The Balaban J connectivity index is 1.92. The summed E-state index contributed by atoms with van der Waals surface area (Å²) < 4.78 is 3.55. The van der Waals surface area contributed by atoms with Crippen LogP contribution in [-0.2, 0) is 6.54 Å². The molecule has 0 amide bonds. The molecule has 8 heteroatoms. The fourth-order valence-electron chi connectivity index (χ4n) is 1.71. The number of tetrazole rings is 1. The maximum absolute atomic E-state index is 12.0. The van der Waals surface area contributed by atoms with Crippen molar-refractivity contribution in [1.82, 2.24) is 24.8 Å². The lowest BCUT2D eigenvalue weighted by Gasteiger charge is -2.03. The number of rotatable bonds is 3. The van der Waals surface area contributed by atoms with E-state index in [1.165, 1.54) is 9.36 Å². The molecule has 0 atom stereocenters. The molecule has 0 aromatic carbocycles. The standard InChI is InChI=1S/C10H11BrN6O/c11-7-3-6(9(12)13-4-7)5-16-10(18)17(15-14-16)8-1-2-8/h3-4,8H,1-2,5H2,(H2,12,13). The summed E-state index contributed by atoms with van der Waals surface area (Å²) >= 11 is 3.32. The zero-order chi connectivity index (χ0) is 12.7. The summed E-state index contributed by atoms with van der Waals surface area (Å²) in [4.78, 5) is 16.0. The van der Waals surface area contributed by atoms with Gasteiger partial charge in [0, 0.05) is 16.2 Å². The molecule has 0 unspecified atom stereocenters. The molecular weight excluding hydrogens is 300 g/mol. The number of hydrogen-bond donors (Lipinski definition) is 1. The van der Waals surface area contributed by atoms with Crippen molar-refractivity contribution < 1.29 is 0 Å². The summed E-state index contributed by atoms with van der Waals surface area (Å²) in [5.41, 5.74) is 6.31. The zero-order valence-electron chi connectivity index (χ0n) is 9.45. The van der Waals surface area contributed by atoms with Crippen LogP contribution in [0.25, 0.3) is 0 Å². The highest BCUT2D eigenvalue weighted by molar-refractivity contribution is 9.10. The van der Waals surface area contributed by atoms with E-state index in [4.69, 9.17) is 5.73 Å². The smallest absolute Gasteiger partial charge is 0.364 e. The Labute approximate surface area is 111 Å². The van der Waals surface area contributed by atoms with Gasteiger partial charge < -0.3 is 5.73 Å². The second-order valence-corrected chi connectivity index (χ2v) is 5.21. The van der Waals surface area contributed by atoms with Gasteiger partial charge in [0.05, 0.1) is 12.6 Å². The molecule has 1 fully saturated rings. The van der Waals surface area contributed by atoms with Gasteiger partial charge >= 0.3 is 5.69 Å². The van der Waals surface area contributed by atoms with Gasteiger partial charge in [0.25, 0.3) is 0 Å². The monoisotopic (exact) mass is 310 g/mol. The highest BCUT2D eigenvalue weighted by atomic mass is 79.9. The van der Waals surface area contributed by atoms with Gasteiger partial charge in [-0.3, -0.25) is 0 Å². The SMILES string of the molecule is Nc1ncc(Br)cc1Cn1nnn(C2CC2)c1=O. The quantitative estimate of drug-likeness (QED) is 0.894. The number of hydrogen-bond acceptors (Lipinski definition) is 5. The molecule has 2 heterocycles. The van der Waals surface area contributed by atoms with Gasteiger partial charge in [-0.1, -0.05) is 0 Å². The minimum Gasteiger partial charge on any atom is -0.383 e. The molecule has 1 aliphatic carbocycles. The molecule has 18 heavy (non-hydrogen) atoms. The summed E-state index contributed by atoms with van der Waals surface area (Å²) in [6.45, 7) is 0.282. The molecular formula is C10H11BrN6O. The third kappa shape index (κ3) is 2.03. The Morgan fingerprint density at radius 1 is 1.44 bits per heavy atom. The largest absolute Gasteiger partial charge is 0.383 e. The van der Waals surface area contributed by atoms with Crippen molar-refractivity contribution in [3.8, 4) is 0 Å². The van der Waals surface area contributed by atoms with Gasteiger partial charge in [-0.05, 0) is 45.3 Å². The first-order chi connectivity index (χ1) is 8.65. The van der Waals surface area contributed by atoms with Crippen molar-refractivity contribution in [2.45, 2.75) is 25.4 Å². The number of anilines is 1. The fraction of sp³-hybridized carbons (Fsp3) is 0.400. The van der Waals surface area contributed by atoms with E-state index in [1.54, 1.807) is 6.20 Å². The molecule has 0 saturated heterocycles. The highest BCUT2D eigenvalue weighted by Gasteiger charge is 2.27. The van der Waals surface area contributed by atoms with Gasteiger partial charge in [-0.2, -0.15) is 9.36 Å². The van der Waals surface area contributed by atoms with Crippen molar-refractivity contribution >= 4 is 21.7 Å². The Morgan fingerprint density at radius 3 is 2.94 bits per heavy atom. The number of nitrogen functional groups attached to an aromatic ring is 1. The number of pyridine rings is 1. The Kier molecular flexibility index (Phi) is 2.66. The first-order valence-electron chi connectivity index (χ1n) is 5.57. The van der Waals surface area contributed by atoms with E-state index in [2.05, 4.69) is 31.3 Å². The van der Waals surface area contributed by atoms with E-state index < -0.39 is 0 Å². The van der Waals surface area contributed by atoms with Crippen LogP contribution in [0.4, 0.5) is 5.82 Å². The average Bonchev–Trinajstić information content (AvgIpc) is 3.11. The summed E-state index contributed by atoms with van der Waals surface area (Å²) in [6, 6.07) is 2.05. The fourth-order valence-corrected chi connectivity index (χ4v) is 2.09. The minimum absolute atomic E-state index is 0.197. The van der Waals surface area contributed by atoms with Crippen LogP contribution in [0.15, 0.2) is 21.5 Å². The van der Waals surface area contributed by atoms with Crippen LogP contribution in [-0.4, -0.2) is 24.8 Å². The number of aromatic nitrogens is 5. The zero-order valence-corrected chi connectivity index (χ0v) is 11.0. The van der Waals surface area contributed by atoms with E-state index in [-0.39, 0.29) is 18.3 Å². The van der Waals surface area contributed by atoms with Crippen LogP contribution in [0, 0.1) is 0 Å². The molecule has 2 N–H and O–H groups in total. The van der Waals surface area contributed by atoms with E-state index in [0.717, 1.165) is 22.9 Å². The van der Waals surface area contributed by atoms with E-state index in [9.17, 15) is 4.79 Å². The average molecular weight is 311 g/mol. The van der Waals surface area contributed by atoms with Gasteiger partial charge in [0.1, 0.15) is 5.82 Å². The molecule has 0 aliphatic heterocycles. The van der Waals surface area contributed by atoms with Crippen LogP contribution in [0.1, 0.15) is 24.4 Å². The molecule has 3 rings (SSSR count). The minimum atomic E-state index is -0.197. The van der Waals surface area contributed by atoms with Crippen LogP contribution in [0.5, 0.6) is 0 Å². The van der Waals surface area contributed by atoms with E-state index in [1.807, 2.05) is 6.07 Å². The summed E-state index contributed by atoms with van der Waals surface area (Å²) in [5, 5.41) is 7.73. The van der Waals surface area contributed by atoms with E-state index in [0.29, 0.717) is 5.82 Å². The molecule has 1 saturated carbocycles. The van der Waals surface area contributed by atoms with Crippen LogP contribution in [0.2, 0.25) is 0 Å². The van der Waals surface area contributed by atoms with Crippen LogP contribution < -0.4 is 11.4 Å². The van der Waals surface area contributed by atoms with Gasteiger partial charge in [0.2, 0.25) is 0 Å². The van der Waals surface area contributed by atoms with Gasteiger partial charge in [0.15, 0.2) is 0 Å². The predicted molar refractivity (Wildman–Crippen MR) is 68.0 cm³/mol. The normalized spacial score (nSPS) is 14.9. The van der Waals surface area contributed by atoms with Crippen molar-refractivity contribution in [3.63, 3.8) is 0 Å². The molecule has 0 radical (unpaired) electrons. The third-order valence-electron chi connectivity index (χ3n) is 2.84. The molecule has 1 aliphatic rings. The summed E-state index contributed by atoms with van der Waals surface area (Å²) in [5.74, 6) is 0.395. The first kappa shape index (κ1) is 11.4.